The van der Waals surface area contributed by atoms with E-state index in [0.717, 1.165) is 12.0 Å². The zero-order valence-electron chi connectivity index (χ0n) is 15.7. The number of nitrogen functional groups attached to an aromatic ring is 1. The van der Waals surface area contributed by atoms with Gasteiger partial charge < -0.3 is 20.9 Å². The van der Waals surface area contributed by atoms with Gasteiger partial charge in [-0.05, 0) is 65.7 Å². The number of esters is 1. The van der Waals surface area contributed by atoms with Crippen molar-refractivity contribution in [3.63, 3.8) is 0 Å². The maximum Gasteiger partial charge on any atom is 0.338 e. The summed E-state index contributed by atoms with van der Waals surface area (Å²) >= 11 is 3.46. The van der Waals surface area contributed by atoms with Gasteiger partial charge in [-0.15, -0.1) is 0 Å². The molecule has 146 valence electrons. The number of aliphatic hydroxyl groups excluding tert-OH is 1. The van der Waals surface area contributed by atoms with E-state index in [4.69, 9.17) is 15.6 Å². The molecule has 0 saturated heterocycles. The van der Waals surface area contributed by atoms with E-state index in [-0.39, 0.29) is 18.1 Å². The van der Waals surface area contributed by atoms with E-state index >= 15 is 0 Å². The molecule has 5 nitrogen and oxygen atoms in total. The first kappa shape index (κ1) is 21.2. The van der Waals surface area contributed by atoms with Crippen LogP contribution in [0.5, 0.6) is 0 Å². The molecule has 0 heterocycles. The Kier molecular flexibility index (Phi) is 8.38. The Morgan fingerprint density at radius 3 is 2.69 bits per heavy atom. The van der Waals surface area contributed by atoms with E-state index < -0.39 is 0 Å². The van der Waals surface area contributed by atoms with Gasteiger partial charge in [0.2, 0.25) is 0 Å². The van der Waals surface area contributed by atoms with Gasteiger partial charge in [0.1, 0.15) is 0 Å². The number of carbonyl (C=O) groups excluding carboxylic acids is 1. The molecule has 1 fully saturated rings. The van der Waals surface area contributed by atoms with E-state index in [2.05, 4.69) is 28.2 Å². The van der Waals surface area contributed by atoms with Crippen molar-refractivity contribution in [2.45, 2.75) is 70.4 Å². The summed E-state index contributed by atoms with van der Waals surface area (Å²) in [6, 6.07) is 3.54. The number of anilines is 1. The number of carbonyl (C=O) groups is 1. The minimum Gasteiger partial charge on any atom is -0.462 e. The van der Waals surface area contributed by atoms with Crippen LogP contribution < -0.4 is 11.1 Å². The second-order valence-electron chi connectivity index (χ2n) is 7.15. The number of nitrogens with two attached hydrogens (primary N) is 1. The molecule has 1 aliphatic carbocycles. The summed E-state index contributed by atoms with van der Waals surface area (Å²) in [5.74, 6) is -0.354. The lowest BCUT2D eigenvalue weighted by Crippen LogP contribution is -2.45. The maximum absolute atomic E-state index is 12.3. The zero-order chi connectivity index (χ0) is 19.0. The molecule has 0 unspecified atom stereocenters. The van der Waals surface area contributed by atoms with Crippen molar-refractivity contribution in [1.29, 1.82) is 0 Å². The average molecular weight is 427 g/mol. The van der Waals surface area contributed by atoms with Crippen molar-refractivity contribution in [2.75, 3.05) is 18.9 Å². The Balaban J connectivity index is 2.05. The van der Waals surface area contributed by atoms with Crippen LogP contribution in [0.15, 0.2) is 16.6 Å². The molecule has 2 rings (SSSR count). The molecule has 1 aromatic carbocycles. The molecule has 0 spiro atoms. The standard InChI is InChI=1S/C20H31BrN2O3/c1-2-20(8-4-3-5-9-20)23-14-16-12-15(13-17(21)18(16)22)19(25)26-11-7-6-10-24/h12-13,23-24H,2-11,14,22H2,1H3. The fourth-order valence-electron chi connectivity index (χ4n) is 3.57. The van der Waals surface area contributed by atoms with E-state index in [1.807, 2.05) is 6.07 Å². The summed E-state index contributed by atoms with van der Waals surface area (Å²) in [6.45, 7) is 3.30. The van der Waals surface area contributed by atoms with Crippen molar-refractivity contribution in [3.05, 3.63) is 27.7 Å². The number of hydrogen-bond acceptors (Lipinski definition) is 5. The summed E-state index contributed by atoms with van der Waals surface area (Å²) < 4.78 is 6.00. The van der Waals surface area contributed by atoms with Gasteiger partial charge in [0.25, 0.3) is 0 Å². The second-order valence-corrected chi connectivity index (χ2v) is 8.00. The van der Waals surface area contributed by atoms with Crippen LogP contribution in [-0.2, 0) is 11.3 Å². The first-order valence-corrected chi connectivity index (χ1v) is 10.4. The Hall–Kier alpha value is -1.11. The summed E-state index contributed by atoms with van der Waals surface area (Å²) in [5.41, 5.74) is 8.48. The third-order valence-electron chi connectivity index (χ3n) is 5.38. The number of nitrogens with one attached hydrogen (secondary N) is 1. The molecular weight excluding hydrogens is 396 g/mol. The van der Waals surface area contributed by atoms with Crippen molar-refractivity contribution in [1.82, 2.24) is 5.32 Å². The predicted octanol–water partition coefficient (Wildman–Crippen LogP) is 4.16. The van der Waals surface area contributed by atoms with Gasteiger partial charge in [-0.25, -0.2) is 4.79 Å². The normalized spacial score (nSPS) is 16.4. The summed E-state index contributed by atoms with van der Waals surface area (Å²) in [5, 5.41) is 12.5. The van der Waals surface area contributed by atoms with Crippen molar-refractivity contribution < 1.29 is 14.6 Å². The fraction of sp³-hybridized carbons (Fsp3) is 0.650. The second kappa shape index (κ2) is 10.3. The van der Waals surface area contributed by atoms with Gasteiger partial charge in [-0.2, -0.15) is 0 Å². The first-order chi connectivity index (χ1) is 12.5. The summed E-state index contributed by atoms with van der Waals surface area (Å²) in [7, 11) is 0. The third-order valence-corrected chi connectivity index (χ3v) is 6.03. The van der Waals surface area contributed by atoms with Gasteiger partial charge in [-0.1, -0.05) is 26.2 Å². The molecule has 26 heavy (non-hydrogen) atoms. The SMILES string of the molecule is CCC1(NCc2cc(C(=O)OCCCCO)cc(Br)c2N)CCCCC1. The highest BCUT2D eigenvalue weighted by atomic mass is 79.9. The smallest absolute Gasteiger partial charge is 0.338 e. The molecule has 0 aromatic heterocycles. The predicted molar refractivity (Wildman–Crippen MR) is 108 cm³/mol. The largest absolute Gasteiger partial charge is 0.462 e. The van der Waals surface area contributed by atoms with E-state index in [9.17, 15) is 4.79 Å². The minimum absolute atomic E-state index is 0.111. The van der Waals surface area contributed by atoms with Crippen molar-refractivity contribution in [3.8, 4) is 0 Å². The summed E-state index contributed by atoms with van der Waals surface area (Å²) in [4.78, 5) is 12.3. The number of hydrogen-bond donors (Lipinski definition) is 3. The van der Waals surface area contributed by atoms with Gasteiger partial charge in [-0.3, -0.25) is 0 Å². The number of rotatable bonds is 9. The van der Waals surface area contributed by atoms with Crippen LogP contribution in [-0.4, -0.2) is 29.8 Å². The van der Waals surface area contributed by atoms with Gasteiger partial charge in [0.15, 0.2) is 0 Å². The first-order valence-electron chi connectivity index (χ1n) is 9.62. The monoisotopic (exact) mass is 426 g/mol. The van der Waals surface area contributed by atoms with Crippen molar-refractivity contribution in [2.24, 2.45) is 0 Å². The molecule has 1 aromatic rings. The van der Waals surface area contributed by atoms with Crippen LogP contribution in [0, 0.1) is 0 Å². The van der Waals surface area contributed by atoms with Crippen LogP contribution in [0.3, 0.4) is 0 Å². The number of ether oxygens (including phenoxy) is 1. The molecule has 0 radical (unpaired) electrons. The highest BCUT2D eigenvalue weighted by Gasteiger charge is 2.29. The topological polar surface area (TPSA) is 84.6 Å². The van der Waals surface area contributed by atoms with Crippen LogP contribution in [0.2, 0.25) is 0 Å². The zero-order valence-corrected chi connectivity index (χ0v) is 17.2. The average Bonchev–Trinajstić information content (AvgIpc) is 2.66. The molecule has 1 aliphatic rings. The minimum atomic E-state index is -0.354. The number of halogens is 1. The van der Waals surface area contributed by atoms with Crippen molar-refractivity contribution >= 4 is 27.6 Å². The molecule has 0 aliphatic heterocycles. The lowest BCUT2D eigenvalue weighted by Gasteiger charge is -2.38. The Bertz CT molecular complexity index is 601. The molecule has 6 heteroatoms. The molecule has 0 bridgehead atoms. The fourth-order valence-corrected chi connectivity index (χ4v) is 4.07. The van der Waals surface area contributed by atoms with E-state index in [1.165, 1.54) is 32.1 Å². The number of unbranched alkanes of at least 4 members (excludes halogenated alkanes) is 1. The van der Waals surface area contributed by atoms with Crippen LogP contribution >= 0.6 is 15.9 Å². The number of aliphatic hydroxyl groups is 1. The lowest BCUT2D eigenvalue weighted by molar-refractivity contribution is 0.0492. The number of benzene rings is 1. The molecule has 0 atom stereocenters. The van der Waals surface area contributed by atoms with Crippen LogP contribution in [0.4, 0.5) is 5.69 Å². The molecule has 0 amide bonds. The Morgan fingerprint density at radius 2 is 2.04 bits per heavy atom. The van der Waals surface area contributed by atoms with Crippen LogP contribution in [0.1, 0.15) is 74.2 Å². The maximum atomic E-state index is 12.3. The Labute approximate surface area is 164 Å². The molecule has 4 N–H and O–H groups in total. The van der Waals surface area contributed by atoms with Gasteiger partial charge in [0, 0.05) is 23.2 Å². The third kappa shape index (κ3) is 5.69. The van der Waals surface area contributed by atoms with Gasteiger partial charge in [0.05, 0.1) is 17.9 Å². The Morgan fingerprint density at radius 1 is 1.31 bits per heavy atom. The quantitative estimate of drug-likeness (QED) is 0.313. The highest BCUT2D eigenvalue weighted by Crippen LogP contribution is 2.32. The molecular formula is C20H31BrN2O3. The van der Waals surface area contributed by atoms with E-state index in [1.54, 1.807) is 6.07 Å². The molecule has 1 saturated carbocycles. The lowest BCUT2D eigenvalue weighted by atomic mass is 9.79. The van der Waals surface area contributed by atoms with Gasteiger partial charge >= 0.3 is 5.97 Å². The van der Waals surface area contributed by atoms with Crippen LogP contribution in [0.25, 0.3) is 0 Å². The highest BCUT2D eigenvalue weighted by molar-refractivity contribution is 9.10. The summed E-state index contributed by atoms with van der Waals surface area (Å²) in [6.07, 6.45) is 8.61. The van der Waals surface area contributed by atoms with E-state index in [0.29, 0.717) is 41.7 Å².